The molecule has 0 aliphatic carbocycles. The number of ketones is 1. The number of rotatable bonds is 13. The molecule has 8 rings (SSSR count). The summed E-state index contributed by atoms with van der Waals surface area (Å²) in [5, 5.41) is 1.06. The van der Waals surface area contributed by atoms with Crippen LogP contribution in [-0.4, -0.2) is 48.4 Å². The van der Waals surface area contributed by atoms with E-state index in [0.29, 0.717) is 47.3 Å². The Morgan fingerprint density at radius 2 is 0.754 bits per heavy atom. The largest absolute Gasteiger partial charge is 0.496 e. The highest BCUT2D eigenvalue weighted by atomic mass is 31.1. The van der Waals surface area contributed by atoms with Gasteiger partial charge in [-0.25, -0.2) is 0 Å². The van der Waals surface area contributed by atoms with Gasteiger partial charge in [0.05, 0.1) is 53.8 Å². The fraction of sp³-hybridized carbons (Fsp3) is 0.189. The van der Waals surface area contributed by atoms with E-state index in [4.69, 9.17) is 28.4 Å². The van der Waals surface area contributed by atoms with Crippen LogP contribution < -0.4 is 33.7 Å². The minimum atomic E-state index is -1.37. The van der Waals surface area contributed by atoms with Crippen LogP contribution in [0.4, 0.5) is 0 Å². The molecular weight excluding hydrogens is 780 g/mol. The Balaban J connectivity index is 1.55. The lowest BCUT2D eigenvalue weighted by atomic mass is 9.92. The first-order valence-electron chi connectivity index (χ1n) is 20.2. The minimum Gasteiger partial charge on any atom is -0.496 e. The normalized spacial score (nSPS) is 16.1. The van der Waals surface area contributed by atoms with Crippen molar-refractivity contribution in [3.8, 4) is 79.0 Å². The standard InChI is InChI=1S/C53H49O7P/c1-55-37-30-45(57-3)51(46(31-37)58-4)43-26-17-27-44(52-47(59-5)32-38(56-2)33-48(52)60-6)53(43)61-49(41-24-15-13-22-39(41)34-18-9-7-10-19-34)28-36(54)29-50(61)42-25-16-14-23-40(42)35-20-11-8-12-21-35/h7-27,30-33,49-50H,28-29H2,1-6H3. The van der Waals surface area contributed by atoms with Gasteiger partial charge in [0.1, 0.15) is 40.3 Å². The van der Waals surface area contributed by atoms with E-state index in [1.54, 1.807) is 42.7 Å². The summed E-state index contributed by atoms with van der Waals surface area (Å²) < 4.78 is 36.3. The van der Waals surface area contributed by atoms with Crippen molar-refractivity contribution in [2.45, 2.75) is 24.2 Å². The third-order valence-electron chi connectivity index (χ3n) is 11.6. The van der Waals surface area contributed by atoms with Gasteiger partial charge in [0.25, 0.3) is 0 Å². The number of carbonyl (C=O) groups is 1. The molecule has 0 spiro atoms. The number of carbonyl (C=O) groups excluding carboxylic acids is 1. The van der Waals surface area contributed by atoms with Gasteiger partial charge in [-0.2, -0.15) is 0 Å². The van der Waals surface area contributed by atoms with E-state index in [1.165, 1.54) is 0 Å². The van der Waals surface area contributed by atoms with E-state index in [-0.39, 0.29) is 17.1 Å². The summed E-state index contributed by atoms with van der Waals surface area (Å²) in [6, 6.07) is 52.0. The molecule has 0 amide bonds. The van der Waals surface area contributed by atoms with E-state index in [0.717, 1.165) is 60.9 Å². The predicted octanol–water partition coefficient (Wildman–Crippen LogP) is 12.4. The molecule has 2 unspecified atom stereocenters. The number of Topliss-reactive ketones (excluding diaryl/α,β-unsaturated/α-hetero) is 1. The summed E-state index contributed by atoms with van der Waals surface area (Å²) >= 11 is 0. The van der Waals surface area contributed by atoms with Gasteiger partial charge in [0.15, 0.2) is 0 Å². The quantitative estimate of drug-likeness (QED) is 0.107. The van der Waals surface area contributed by atoms with Crippen molar-refractivity contribution in [3.05, 3.63) is 163 Å². The second kappa shape index (κ2) is 18.4. The van der Waals surface area contributed by atoms with E-state index in [9.17, 15) is 4.79 Å². The summed E-state index contributed by atoms with van der Waals surface area (Å²) in [5.74, 6) is 3.79. The second-order valence-corrected chi connectivity index (χ2v) is 17.3. The molecule has 1 fully saturated rings. The average Bonchev–Trinajstić information content (AvgIpc) is 3.33. The smallest absolute Gasteiger partial charge is 0.134 e. The molecular formula is C53H49O7P. The first-order valence-corrected chi connectivity index (χ1v) is 21.7. The monoisotopic (exact) mass is 828 g/mol. The Bertz CT molecular complexity index is 2430. The molecule has 61 heavy (non-hydrogen) atoms. The summed E-state index contributed by atoms with van der Waals surface area (Å²) in [4.78, 5) is 14.7. The molecule has 2 atom stereocenters. The maximum Gasteiger partial charge on any atom is 0.134 e. The van der Waals surface area contributed by atoms with Crippen molar-refractivity contribution in [2.75, 3.05) is 42.7 Å². The highest BCUT2D eigenvalue weighted by Gasteiger charge is 2.44. The lowest BCUT2D eigenvalue weighted by Gasteiger charge is -2.42. The van der Waals surface area contributed by atoms with Crippen LogP contribution in [0.5, 0.6) is 34.5 Å². The van der Waals surface area contributed by atoms with Crippen LogP contribution in [0.1, 0.15) is 35.3 Å². The third kappa shape index (κ3) is 7.94. The fourth-order valence-corrected chi connectivity index (χ4v) is 12.7. The molecule has 1 saturated heterocycles. The van der Waals surface area contributed by atoms with Crippen LogP contribution in [0.2, 0.25) is 0 Å². The molecule has 0 radical (unpaired) electrons. The van der Waals surface area contributed by atoms with E-state index in [2.05, 4.69) is 115 Å². The van der Waals surface area contributed by atoms with Crippen molar-refractivity contribution in [3.63, 3.8) is 0 Å². The van der Waals surface area contributed by atoms with Gasteiger partial charge in [-0.15, -0.1) is 0 Å². The van der Waals surface area contributed by atoms with Crippen LogP contribution in [-0.2, 0) is 4.79 Å². The van der Waals surface area contributed by atoms with E-state index < -0.39 is 7.92 Å². The Labute approximate surface area is 359 Å². The Morgan fingerprint density at radius 1 is 0.410 bits per heavy atom. The Hall–Kier alpha value is -6.56. The molecule has 1 aliphatic heterocycles. The third-order valence-corrected chi connectivity index (χ3v) is 14.8. The lowest BCUT2D eigenvalue weighted by molar-refractivity contribution is -0.119. The van der Waals surface area contributed by atoms with E-state index >= 15 is 0 Å². The zero-order chi connectivity index (χ0) is 42.5. The van der Waals surface area contributed by atoms with Crippen LogP contribution in [0.3, 0.4) is 0 Å². The van der Waals surface area contributed by atoms with Gasteiger partial charge >= 0.3 is 0 Å². The van der Waals surface area contributed by atoms with Crippen LogP contribution in [0.25, 0.3) is 44.5 Å². The number of methoxy groups -OCH3 is 6. The highest BCUT2D eigenvalue weighted by molar-refractivity contribution is 7.67. The molecule has 0 aromatic heterocycles. The highest BCUT2D eigenvalue weighted by Crippen LogP contribution is 2.70. The number of ether oxygens (including phenoxy) is 6. The second-order valence-electron chi connectivity index (χ2n) is 14.8. The Kier molecular flexibility index (Phi) is 12.4. The molecule has 308 valence electrons. The molecule has 7 aromatic rings. The first-order chi connectivity index (χ1) is 29.9. The van der Waals surface area contributed by atoms with Gasteiger partial charge in [0.2, 0.25) is 0 Å². The fourth-order valence-electron chi connectivity index (χ4n) is 8.86. The SMILES string of the molecule is COc1cc(OC)c(-c2cccc(-c3c(OC)cc(OC)cc3OC)c2P2C(c3ccccc3-c3ccccc3)CC(=O)CC2c2ccccc2-c2ccccc2)c(OC)c1. The number of hydrogen-bond acceptors (Lipinski definition) is 7. The van der Waals surface area contributed by atoms with Gasteiger partial charge in [-0.05, 0) is 49.8 Å². The van der Waals surface area contributed by atoms with Crippen LogP contribution >= 0.6 is 7.92 Å². The molecule has 0 saturated carbocycles. The van der Waals surface area contributed by atoms with Crippen molar-refractivity contribution >= 4 is 19.0 Å². The van der Waals surface area contributed by atoms with Gasteiger partial charge in [0, 0.05) is 48.4 Å². The molecule has 7 aromatic carbocycles. The summed E-state index contributed by atoms with van der Waals surface area (Å²) in [6.07, 6.45) is 0.724. The molecule has 7 nitrogen and oxygen atoms in total. The van der Waals surface area contributed by atoms with E-state index in [1.807, 2.05) is 36.4 Å². The minimum absolute atomic E-state index is 0.216. The molecule has 0 N–H and O–H groups in total. The zero-order valence-corrected chi connectivity index (χ0v) is 36.2. The summed E-state index contributed by atoms with van der Waals surface area (Å²) in [6.45, 7) is 0. The van der Waals surface area contributed by atoms with Crippen LogP contribution in [0.15, 0.2) is 152 Å². The molecule has 0 bridgehead atoms. The van der Waals surface area contributed by atoms with Crippen molar-refractivity contribution in [1.29, 1.82) is 0 Å². The Morgan fingerprint density at radius 3 is 1.11 bits per heavy atom. The van der Waals surface area contributed by atoms with Crippen LogP contribution in [0, 0.1) is 0 Å². The lowest BCUT2D eigenvalue weighted by Crippen LogP contribution is -2.26. The summed E-state index contributed by atoms with van der Waals surface area (Å²) in [7, 11) is 8.56. The first kappa shape index (κ1) is 41.2. The topological polar surface area (TPSA) is 72.5 Å². The van der Waals surface area contributed by atoms with Gasteiger partial charge in [-0.1, -0.05) is 135 Å². The maximum atomic E-state index is 14.7. The molecule has 1 heterocycles. The number of hydrogen-bond donors (Lipinski definition) is 0. The van der Waals surface area contributed by atoms with Crippen molar-refractivity contribution in [1.82, 2.24) is 0 Å². The maximum absolute atomic E-state index is 14.7. The summed E-state index contributed by atoms with van der Waals surface area (Å²) in [5.41, 5.74) is 9.59. The molecule has 1 aliphatic rings. The molecule has 8 heteroatoms. The van der Waals surface area contributed by atoms with Crippen molar-refractivity contribution < 1.29 is 33.2 Å². The number of benzene rings is 7. The van der Waals surface area contributed by atoms with Crippen molar-refractivity contribution in [2.24, 2.45) is 0 Å². The van der Waals surface area contributed by atoms with Gasteiger partial charge in [-0.3, -0.25) is 4.79 Å². The van der Waals surface area contributed by atoms with Gasteiger partial charge < -0.3 is 28.4 Å². The predicted molar refractivity (Wildman–Crippen MR) is 247 cm³/mol. The zero-order valence-electron chi connectivity index (χ0n) is 35.3. The average molecular weight is 829 g/mol.